The van der Waals surface area contributed by atoms with E-state index in [-0.39, 0.29) is 45.9 Å². The third kappa shape index (κ3) is 23.3. The minimum absolute atomic E-state index is 0.254. The van der Waals surface area contributed by atoms with Crippen molar-refractivity contribution < 1.29 is 62.2 Å². The van der Waals surface area contributed by atoms with Gasteiger partial charge in [0.1, 0.15) is 17.5 Å². The van der Waals surface area contributed by atoms with Gasteiger partial charge in [0.05, 0.1) is 44.5 Å². The first kappa shape index (κ1) is 75.8. The van der Waals surface area contributed by atoms with Crippen LogP contribution in [-0.2, 0) is 14.3 Å². The molecule has 4 aliphatic rings. The zero-order valence-corrected chi connectivity index (χ0v) is 52.0. The predicted octanol–water partition coefficient (Wildman–Crippen LogP) is 5.37. The Kier molecular flexibility index (Phi) is 31.9. The molecular formula is C60H84N14O13. The fraction of sp³-hybridized carbons (Fsp3) is 0.350. The Balaban J connectivity index is 0.000000528. The van der Waals surface area contributed by atoms with Gasteiger partial charge in [-0.15, -0.1) is 13.2 Å². The summed E-state index contributed by atoms with van der Waals surface area (Å²) in [5.74, 6) is 9.67. The lowest BCUT2D eigenvalue weighted by atomic mass is 10.1. The summed E-state index contributed by atoms with van der Waals surface area (Å²) in [7, 11) is 13.8. The molecule has 0 fully saturated rings. The molecule has 0 aromatic heterocycles. The Labute approximate surface area is 508 Å². The average molecular weight is 1210 g/mol. The molecule has 4 aliphatic heterocycles. The van der Waals surface area contributed by atoms with Crippen molar-refractivity contribution >= 4 is 65.7 Å². The summed E-state index contributed by atoms with van der Waals surface area (Å²) in [5, 5.41) is 9.44. The highest BCUT2D eigenvalue weighted by atomic mass is 16.6. The number of carbonyl (C=O) groups excluding carboxylic acids is 11. The molecule has 4 aromatic rings. The van der Waals surface area contributed by atoms with Crippen molar-refractivity contribution in [3.63, 3.8) is 0 Å². The van der Waals surface area contributed by atoms with E-state index in [0.717, 1.165) is 45.7 Å². The molecule has 10 amide bonds. The maximum Gasteiger partial charge on any atom is 0.429 e. The number of nitrogens with zero attached hydrogens (tertiary/aromatic N) is 8. The van der Waals surface area contributed by atoms with Crippen molar-refractivity contribution in [1.29, 1.82) is 0 Å². The highest BCUT2D eigenvalue weighted by Crippen LogP contribution is 2.26. The second-order valence-electron chi connectivity index (χ2n) is 20.8. The van der Waals surface area contributed by atoms with Crippen LogP contribution in [0.3, 0.4) is 0 Å². The number of hydrogen-bond donors (Lipinski definition) is 6. The minimum atomic E-state index is -0.845. The quantitative estimate of drug-likeness (QED) is 0.0259. The average Bonchev–Trinajstić information content (AvgIpc) is 1.91. The fourth-order valence-corrected chi connectivity index (χ4v) is 7.21. The summed E-state index contributed by atoms with van der Waals surface area (Å²) in [6.45, 7) is 18.3. The monoisotopic (exact) mass is 1210 g/mol. The molecule has 0 spiro atoms. The van der Waals surface area contributed by atoms with Crippen LogP contribution < -0.4 is 33.8 Å². The van der Waals surface area contributed by atoms with Gasteiger partial charge in [-0.3, -0.25) is 71.3 Å². The van der Waals surface area contributed by atoms with E-state index in [1.807, 2.05) is 25.2 Å². The van der Waals surface area contributed by atoms with Crippen molar-refractivity contribution in [3.8, 4) is 0 Å². The number of amides is 10. The highest BCUT2D eigenvalue weighted by Gasteiger charge is 2.42. The number of hydrogen-bond acceptors (Lipinski definition) is 21. The molecule has 0 bridgehead atoms. The predicted molar refractivity (Wildman–Crippen MR) is 327 cm³/mol. The molecule has 0 radical (unpaired) electrons. The Morgan fingerprint density at radius 3 is 1.09 bits per heavy atom. The number of unbranched alkanes of at least 4 members (excludes halogenated alkanes) is 2. The number of ether oxygens (including phenoxy) is 2. The Morgan fingerprint density at radius 2 is 0.828 bits per heavy atom. The van der Waals surface area contributed by atoms with Crippen molar-refractivity contribution in [3.05, 3.63) is 167 Å². The smallest absolute Gasteiger partial charge is 0.429 e. The number of allylic oxidation sites excluding steroid dienone is 2. The van der Waals surface area contributed by atoms with Crippen LogP contribution in [0.2, 0.25) is 0 Å². The number of rotatable bonds is 12. The lowest BCUT2D eigenvalue weighted by Crippen LogP contribution is -2.48. The number of nitrogens with one attached hydrogen (secondary N) is 3. The van der Waals surface area contributed by atoms with Crippen LogP contribution >= 0.6 is 0 Å². The summed E-state index contributed by atoms with van der Waals surface area (Å²) in [6, 6.07) is 26.4. The Hall–Kier alpha value is -9.19. The number of imide groups is 4. The molecule has 87 heavy (non-hydrogen) atoms. The molecule has 0 aliphatic carbocycles. The van der Waals surface area contributed by atoms with E-state index in [1.165, 1.54) is 35.6 Å². The minimum Gasteiger partial charge on any atom is -0.443 e. The summed E-state index contributed by atoms with van der Waals surface area (Å²) in [5.41, 5.74) is 9.44. The molecule has 0 saturated carbocycles. The topological polar surface area (TPSA) is 346 Å². The van der Waals surface area contributed by atoms with Crippen LogP contribution in [-0.4, -0.2) is 180 Å². The second-order valence-corrected chi connectivity index (χ2v) is 20.8. The Morgan fingerprint density at radius 1 is 0.517 bits per heavy atom. The van der Waals surface area contributed by atoms with Crippen molar-refractivity contribution in [2.24, 2.45) is 17.5 Å². The first-order chi connectivity index (χ1) is 40.8. The van der Waals surface area contributed by atoms with Gasteiger partial charge in [-0.25, -0.2) is 40.5 Å². The van der Waals surface area contributed by atoms with Gasteiger partial charge in [0.25, 0.3) is 47.3 Å². The molecule has 0 saturated heterocycles. The van der Waals surface area contributed by atoms with E-state index in [9.17, 15) is 52.7 Å². The van der Waals surface area contributed by atoms with Gasteiger partial charge in [-0.05, 0) is 109 Å². The van der Waals surface area contributed by atoms with Crippen LogP contribution in [0.15, 0.2) is 122 Å². The number of nitrogens with two attached hydrogens (primary N) is 3. The van der Waals surface area contributed by atoms with Gasteiger partial charge in [-0.2, -0.15) is 10.0 Å². The largest absolute Gasteiger partial charge is 0.443 e. The van der Waals surface area contributed by atoms with E-state index in [2.05, 4.69) is 41.1 Å². The lowest BCUT2D eigenvalue weighted by molar-refractivity contribution is -0.107. The second kappa shape index (κ2) is 36.6. The standard InChI is InChI=1S/C14H16N2O4.C13H14N2O4.C10H10N2O2.C9H8N2O2.C7H16N2.C5H8O.C2H8N2.H4N2/c1-14(2,3)20-13(19)15(4)16-11(17)9-7-5-6-8-10(9)12(16)18;1-13(2,3)19-12(18)14-15-10(16)8-6-4-5-7-9(8)11(15)17;1-11(2)12-9(13)7-5-3-4-6-8(7)10(12)14;1-10-11-8(12)6-4-2-3-5-7(6)9(11)13;1-4-5-6-7-8-9(2)3;1-2-3-4-5-6;1-4(2)3;1-2/h5-8H,1-4H3;4-7H,1-3H3,(H,14,18);3-6H,1-2H3;2-5,10H,1H3;4,8H,1,5-7H2,2-3H3;2,5H,1,3-4H2;3H2,1-2H3;1-2H2. The van der Waals surface area contributed by atoms with Gasteiger partial charge in [0.2, 0.25) is 0 Å². The molecular weight excluding hydrogens is 1120 g/mol. The number of carbonyl (C=O) groups is 11. The molecule has 4 heterocycles. The molecule has 9 N–H and O–H groups in total. The molecule has 27 heteroatoms. The van der Waals surface area contributed by atoms with E-state index >= 15 is 0 Å². The van der Waals surface area contributed by atoms with E-state index in [1.54, 1.807) is 168 Å². The van der Waals surface area contributed by atoms with Crippen LogP contribution in [0.1, 0.15) is 150 Å². The van der Waals surface area contributed by atoms with E-state index < -0.39 is 47.0 Å². The fourth-order valence-electron chi connectivity index (χ4n) is 7.21. The van der Waals surface area contributed by atoms with Gasteiger partial charge in [0, 0.05) is 69.3 Å². The molecule has 472 valence electrons. The van der Waals surface area contributed by atoms with Gasteiger partial charge in [-0.1, -0.05) is 60.7 Å². The van der Waals surface area contributed by atoms with E-state index in [0.29, 0.717) is 33.7 Å². The maximum absolute atomic E-state index is 12.2. The molecule has 0 atom stereocenters. The molecule has 8 rings (SSSR count). The van der Waals surface area contributed by atoms with Crippen LogP contribution in [0.5, 0.6) is 0 Å². The SMILES string of the molecule is C=CCCC=O.C=CCCCNN(C)C.CC(C)(C)OC(=O)NN1C(=O)c2ccccc2C1=O.CN(C(=O)OC(C)(C)C)N1C(=O)c2ccccc2C1=O.CN(C)N.CN(C)N1C(=O)c2ccccc2C1=O.CNN1C(=O)c2ccccc2C1=O.NN. The zero-order valence-electron chi connectivity index (χ0n) is 52.0. The van der Waals surface area contributed by atoms with Gasteiger partial charge >= 0.3 is 12.2 Å². The lowest BCUT2D eigenvalue weighted by Gasteiger charge is -2.29. The number of fused-ring (bicyclic) bond motifs is 4. The third-order valence-corrected chi connectivity index (χ3v) is 10.8. The summed E-state index contributed by atoms with van der Waals surface area (Å²) in [4.78, 5) is 128. The molecule has 27 nitrogen and oxygen atoms in total. The third-order valence-electron chi connectivity index (χ3n) is 10.8. The van der Waals surface area contributed by atoms with Crippen molar-refractivity contribution in [2.75, 3.05) is 62.9 Å². The highest BCUT2D eigenvalue weighted by molar-refractivity contribution is 6.23. The van der Waals surface area contributed by atoms with Crippen molar-refractivity contribution in [2.45, 2.75) is 78.4 Å². The zero-order chi connectivity index (χ0) is 66.5. The van der Waals surface area contributed by atoms with Crippen LogP contribution in [0.25, 0.3) is 0 Å². The summed E-state index contributed by atoms with van der Waals surface area (Å²) in [6.07, 6.45) is 6.65. The number of benzene rings is 4. The summed E-state index contributed by atoms with van der Waals surface area (Å²) < 4.78 is 10.1. The van der Waals surface area contributed by atoms with Gasteiger partial charge < -0.3 is 14.3 Å². The first-order valence-corrected chi connectivity index (χ1v) is 26.9. The Bertz CT molecular complexity index is 2910. The van der Waals surface area contributed by atoms with Crippen molar-refractivity contribution in [1.82, 2.24) is 56.3 Å². The van der Waals surface area contributed by atoms with Crippen LogP contribution in [0, 0.1) is 0 Å². The van der Waals surface area contributed by atoms with Gasteiger partial charge in [0.15, 0.2) is 0 Å². The molecule has 0 unspecified atom stereocenters. The number of hydrazine groups is 7. The summed E-state index contributed by atoms with van der Waals surface area (Å²) >= 11 is 0. The normalized spacial score (nSPS) is 13.1. The number of aldehydes is 1. The van der Waals surface area contributed by atoms with E-state index in [4.69, 9.17) is 15.3 Å². The maximum atomic E-state index is 12.2. The molecule has 4 aromatic carbocycles. The van der Waals surface area contributed by atoms with Crippen LogP contribution in [0.4, 0.5) is 9.59 Å². The first-order valence-electron chi connectivity index (χ1n) is 26.9.